The molecule has 2 atom stereocenters. The number of halogens is 4. The fraction of sp³-hybridized carbons (Fsp3) is 0.250. The molecular formula is C32H24Cl4O4. The summed E-state index contributed by atoms with van der Waals surface area (Å²) in [4.78, 5) is 0. The van der Waals surface area contributed by atoms with Crippen molar-refractivity contribution in [1.29, 1.82) is 0 Å². The molecule has 2 saturated heterocycles. The molecule has 2 unspecified atom stereocenters. The van der Waals surface area contributed by atoms with Gasteiger partial charge in [-0.3, -0.25) is 0 Å². The van der Waals surface area contributed by atoms with Gasteiger partial charge in [0.1, 0.15) is 25.4 Å². The number of hydrogen-bond acceptors (Lipinski definition) is 4. The van der Waals surface area contributed by atoms with Crippen LogP contribution in [0.4, 0.5) is 0 Å². The van der Waals surface area contributed by atoms with Gasteiger partial charge in [-0.15, -0.1) is 0 Å². The topological polar surface area (TPSA) is 43.5 Å². The SMILES string of the molecule is Clc1cc(C2(c3cc(Cl)c(OCC4CO4)c(Cl)c3)c3ccccc3Cc3ccccc32)cc(Cl)c1OCC1CO1. The Labute approximate surface area is 252 Å². The minimum absolute atomic E-state index is 0.0757. The molecular weight excluding hydrogens is 590 g/mol. The maximum Gasteiger partial charge on any atom is 0.156 e. The molecule has 0 radical (unpaired) electrons. The van der Waals surface area contributed by atoms with E-state index in [1.165, 1.54) is 11.1 Å². The molecule has 0 N–H and O–H groups in total. The van der Waals surface area contributed by atoms with Crippen molar-refractivity contribution in [3.8, 4) is 11.5 Å². The molecule has 204 valence electrons. The summed E-state index contributed by atoms with van der Waals surface area (Å²) in [7, 11) is 0. The summed E-state index contributed by atoms with van der Waals surface area (Å²) in [5, 5.41) is 1.68. The van der Waals surface area contributed by atoms with Crippen molar-refractivity contribution in [2.24, 2.45) is 0 Å². The summed E-state index contributed by atoms with van der Waals surface area (Å²) >= 11 is 27.6. The fourth-order valence-corrected chi connectivity index (χ4v) is 6.92. The number of rotatable bonds is 8. The molecule has 1 aliphatic carbocycles. The van der Waals surface area contributed by atoms with E-state index in [1.807, 2.05) is 36.4 Å². The summed E-state index contributed by atoms with van der Waals surface area (Å²) in [6.45, 7) is 2.15. The standard InChI is InChI=1S/C32H24Cl4O4/c33-26-10-20(11-27(34)30(26)39-16-22-14-37-22)32(21-12-28(35)31(29(36)13-21)40-17-23-15-38-23)24-7-3-1-5-18(24)9-19-6-2-4-8-25(19)32/h1-8,10-13,22-23H,9,14-17H2. The highest BCUT2D eigenvalue weighted by Crippen LogP contribution is 2.54. The summed E-state index contributed by atoms with van der Waals surface area (Å²) in [5.41, 5.74) is 5.54. The molecule has 7 rings (SSSR count). The van der Waals surface area contributed by atoms with Gasteiger partial charge in [0.15, 0.2) is 11.5 Å². The molecule has 4 nitrogen and oxygen atoms in total. The highest BCUT2D eigenvalue weighted by Gasteiger charge is 2.45. The minimum atomic E-state index is -0.817. The van der Waals surface area contributed by atoms with Crippen LogP contribution in [0.5, 0.6) is 11.5 Å². The van der Waals surface area contributed by atoms with Crippen molar-refractivity contribution < 1.29 is 18.9 Å². The Morgan fingerprint density at radius 3 is 1.38 bits per heavy atom. The van der Waals surface area contributed by atoms with E-state index in [2.05, 4.69) is 36.4 Å². The first-order valence-electron chi connectivity index (χ1n) is 13.1. The Morgan fingerprint density at radius 1 is 0.625 bits per heavy atom. The first-order chi connectivity index (χ1) is 19.4. The maximum absolute atomic E-state index is 6.89. The van der Waals surface area contributed by atoms with Gasteiger partial charge in [-0.25, -0.2) is 0 Å². The highest BCUT2D eigenvalue weighted by molar-refractivity contribution is 6.38. The molecule has 4 aromatic carbocycles. The molecule has 40 heavy (non-hydrogen) atoms. The van der Waals surface area contributed by atoms with Gasteiger partial charge in [0.05, 0.1) is 38.7 Å². The van der Waals surface area contributed by atoms with Crippen LogP contribution in [0.2, 0.25) is 20.1 Å². The number of epoxide rings is 2. The first-order valence-corrected chi connectivity index (χ1v) is 14.6. The summed E-state index contributed by atoms with van der Waals surface area (Å²) in [5.74, 6) is 0.884. The minimum Gasteiger partial charge on any atom is -0.488 e. The van der Waals surface area contributed by atoms with Crippen LogP contribution in [-0.4, -0.2) is 38.6 Å². The van der Waals surface area contributed by atoms with Crippen molar-refractivity contribution >= 4 is 46.4 Å². The van der Waals surface area contributed by atoms with Gasteiger partial charge < -0.3 is 18.9 Å². The molecule has 0 aromatic heterocycles. The largest absolute Gasteiger partial charge is 0.488 e. The predicted octanol–water partition coefficient (Wildman–Crippen LogP) is 8.14. The molecule has 0 amide bonds. The lowest BCUT2D eigenvalue weighted by atomic mass is 9.59. The Balaban J connectivity index is 1.47. The number of fused-ring (bicyclic) bond motifs is 2. The van der Waals surface area contributed by atoms with Crippen molar-refractivity contribution in [3.05, 3.63) is 126 Å². The van der Waals surface area contributed by atoms with Gasteiger partial charge >= 0.3 is 0 Å². The zero-order chi connectivity index (χ0) is 27.4. The normalized spacial score (nSPS) is 19.9. The van der Waals surface area contributed by atoms with Crippen molar-refractivity contribution in [2.75, 3.05) is 26.4 Å². The molecule has 2 heterocycles. The zero-order valence-corrected chi connectivity index (χ0v) is 24.3. The molecule has 0 bridgehead atoms. The van der Waals surface area contributed by atoms with Crippen LogP contribution in [0.15, 0.2) is 72.8 Å². The second-order valence-corrected chi connectivity index (χ2v) is 11.9. The van der Waals surface area contributed by atoms with E-state index in [1.54, 1.807) is 0 Å². The quantitative estimate of drug-likeness (QED) is 0.166. The monoisotopic (exact) mass is 612 g/mol. The summed E-state index contributed by atoms with van der Waals surface area (Å²) < 4.78 is 22.5. The molecule has 2 aliphatic heterocycles. The van der Waals surface area contributed by atoms with Gasteiger partial charge in [0, 0.05) is 0 Å². The molecule has 3 aliphatic rings. The highest BCUT2D eigenvalue weighted by atomic mass is 35.5. The van der Waals surface area contributed by atoms with Crippen molar-refractivity contribution in [1.82, 2.24) is 0 Å². The summed E-state index contributed by atoms with van der Waals surface area (Å²) in [6, 6.07) is 24.6. The Kier molecular flexibility index (Phi) is 6.90. The third kappa shape index (κ3) is 4.65. The van der Waals surface area contributed by atoms with Crippen LogP contribution < -0.4 is 9.47 Å². The van der Waals surface area contributed by atoms with E-state index < -0.39 is 5.41 Å². The van der Waals surface area contributed by atoms with Gasteiger partial charge in [-0.2, -0.15) is 0 Å². The second kappa shape index (κ2) is 10.4. The average Bonchev–Trinajstić information content (AvgIpc) is 3.87. The van der Waals surface area contributed by atoms with Crippen molar-refractivity contribution in [3.63, 3.8) is 0 Å². The van der Waals surface area contributed by atoms with Crippen LogP contribution in [0.1, 0.15) is 33.4 Å². The first kappa shape index (κ1) is 26.5. The van der Waals surface area contributed by atoms with E-state index >= 15 is 0 Å². The van der Waals surface area contributed by atoms with Gasteiger partial charge in [0.25, 0.3) is 0 Å². The lowest BCUT2D eigenvalue weighted by Gasteiger charge is -2.42. The van der Waals surface area contributed by atoms with Crippen LogP contribution in [-0.2, 0) is 21.3 Å². The van der Waals surface area contributed by atoms with Gasteiger partial charge in [-0.05, 0) is 64.1 Å². The smallest absolute Gasteiger partial charge is 0.156 e. The average molecular weight is 614 g/mol. The molecule has 0 saturated carbocycles. The Morgan fingerprint density at radius 2 is 1.00 bits per heavy atom. The van der Waals surface area contributed by atoms with Gasteiger partial charge in [0.2, 0.25) is 0 Å². The van der Waals surface area contributed by atoms with E-state index in [4.69, 9.17) is 65.4 Å². The van der Waals surface area contributed by atoms with Crippen LogP contribution in [0, 0.1) is 0 Å². The maximum atomic E-state index is 6.89. The second-order valence-electron chi connectivity index (χ2n) is 10.3. The Bertz CT molecular complexity index is 1450. The predicted molar refractivity (Wildman–Crippen MR) is 158 cm³/mol. The van der Waals surface area contributed by atoms with Gasteiger partial charge in [-0.1, -0.05) is 94.9 Å². The van der Waals surface area contributed by atoms with E-state index in [9.17, 15) is 0 Å². The molecule has 0 spiro atoms. The fourth-order valence-electron chi connectivity index (χ4n) is 5.73. The molecule has 2 fully saturated rings. The Hall–Kier alpha value is -2.44. The van der Waals surface area contributed by atoms with E-state index in [0.717, 1.165) is 28.7 Å². The summed E-state index contributed by atoms with van der Waals surface area (Å²) in [6.07, 6.45) is 0.945. The molecule has 4 aromatic rings. The zero-order valence-electron chi connectivity index (χ0n) is 21.3. The number of benzene rings is 4. The lowest BCUT2D eigenvalue weighted by molar-refractivity contribution is 0.263. The van der Waals surface area contributed by atoms with Crippen LogP contribution in [0.25, 0.3) is 0 Å². The third-order valence-electron chi connectivity index (χ3n) is 7.72. The van der Waals surface area contributed by atoms with Crippen LogP contribution in [0.3, 0.4) is 0 Å². The van der Waals surface area contributed by atoms with E-state index in [-0.39, 0.29) is 12.2 Å². The van der Waals surface area contributed by atoms with Crippen molar-refractivity contribution in [2.45, 2.75) is 24.0 Å². The van der Waals surface area contributed by atoms with E-state index in [0.29, 0.717) is 58.0 Å². The lowest BCUT2D eigenvalue weighted by Crippen LogP contribution is -2.36. The molecule has 8 heteroatoms. The number of ether oxygens (including phenoxy) is 4. The third-order valence-corrected chi connectivity index (χ3v) is 8.84. The van der Waals surface area contributed by atoms with Crippen LogP contribution >= 0.6 is 46.4 Å². The number of hydrogen-bond donors (Lipinski definition) is 0.